The van der Waals surface area contributed by atoms with Crippen molar-refractivity contribution >= 4 is 11.6 Å². The van der Waals surface area contributed by atoms with Crippen molar-refractivity contribution in [3.8, 4) is 23.1 Å². The Hall–Kier alpha value is -2.12. The highest BCUT2D eigenvalue weighted by Crippen LogP contribution is 2.30. The van der Waals surface area contributed by atoms with Crippen molar-refractivity contribution in [2.75, 3.05) is 7.11 Å². The molecule has 1 aromatic heterocycles. The molecule has 90 valence electrons. The number of ether oxygens (including phenoxy) is 1. The second-order valence-corrected chi connectivity index (χ2v) is 4.08. The molecule has 4 nitrogen and oxygen atoms in total. The van der Waals surface area contributed by atoms with Crippen LogP contribution in [0.25, 0.3) is 11.3 Å². The fraction of sp³-hybridized carbons (Fsp3) is 0.154. The number of aryl methyl sites for hydroxylation is 1. The van der Waals surface area contributed by atoms with Crippen molar-refractivity contribution in [3.05, 3.63) is 40.8 Å². The van der Waals surface area contributed by atoms with Crippen LogP contribution in [0.3, 0.4) is 0 Å². The van der Waals surface area contributed by atoms with Crippen molar-refractivity contribution in [1.29, 1.82) is 5.26 Å². The minimum Gasteiger partial charge on any atom is -0.497 e. The van der Waals surface area contributed by atoms with E-state index < -0.39 is 0 Å². The van der Waals surface area contributed by atoms with E-state index in [1.54, 1.807) is 25.3 Å². The van der Waals surface area contributed by atoms with Gasteiger partial charge in [-0.2, -0.15) is 5.26 Å². The molecule has 0 bridgehead atoms. The van der Waals surface area contributed by atoms with Crippen molar-refractivity contribution < 1.29 is 4.74 Å². The molecule has 0 saturated carbocycles. The number of hydrogen-bond acceptors (Lipinski definition) is 4. The summed E-state index contributed by atoms with van der Waals surface area (Å²) >= 11 is 6.17. The molecule has 2 rings (SSSR count). The number of methoxy groups -OCH3 is 1. The highest BCUT2D eigenvalue weighted by Gasteiger charge is 2.09. The molecule has 1 heterocycles. The van der Waals surface area contributed by atoms with Crippen molar-refractivity contribution in [3.63, 3.8) is 0 Å². The second kappa shape index (κ2) is 5.03. The zero-order valence-electron chi connectivity index (χ0n) is 9.94. The molecular formula is C13H10ClN3O. The molecule has 0 atom stereocenters. The summed E-state index contributed by atoms with van der Waals surface area (Å²) in [6, 6.07) is 9.03. The largest absolute Gasteiger partial charge is 0.497 e. The van der Waals surface area contributed by atoms with E-state index in [1.165, 1.54) is 0 Å². The lowest BCUT2D eigenvalue weighted by atomic mass is 10.1. The van der Waals surface area contributed by atoms with E-state index in [1.807, 2.05) is 19.1 Å². The van der Waals surface area contributed by atoms with E-state index in [0.29, 0.717) is 16.5 Å². The molecule has 0 aliphatic carbocycles. The summed E-state index contributed by atoms with van der Waals surface area (Å²) in [5, 5.41) is 9.38. The number of hydrogen-bond donors (Lipinski definition) is 0. The Morgan fingerprint density at radius 2 is 2.06 bits per heavy atom. The number of nitriles is 1. The second-order valence-electron chi connectivity index (χ2n) is 3.68. The smallest absolute Gasteiger partial charge is 0.232 e. The lowest BCUT2D eigenvalue weighted by molar-refractivity contribution is 0.415. The SMILES string of the molecule is COc1ccc(-c2cc(C)nc(C#N)n2)c(Cl)c1. The Labute approximate surface area is 110 Å². The first-order valence-corrected chi connectivity index (χ1v) is 5.61. The molecule has 5 heteroatoms. The maximum atomic E-state index is 8.86. The summed E-state index contributed by atoms with van der Waals surface area (Å²) in [7, 11) is 1.58. The number of halogens is 1. The van der Waals surface area contributed by atoms with Gasteiger partial charge in [-0.15, -0.1) is 0 Å². The maximum absolute atomic E-state index is 8.86. The molecule has 0 aliphatic rings. The summed E-state index contributed by atoms with van der Waals surface area (Å²) in [4.78, 5) is 8.14. The van der Waals surface area contributed by atoms with Crippen LogP contribution in [-0.4, -0.2) is 17.1 Å². The van der Waals surface area contributed by atoms with Crippen molar-refractivity contribution in [1.82, 2.24) is 9.97 Å². The molecular weight excluding hydrogens is 250 g/mol. The Morgan fingerprint density at radius 1 is 1.28 bits per heavy atom. The van der Waals surface area contributed by atoms with Gasteiger partial charge in [0.2, 0.25) is 5.82 Å². The number of rotatable bonds is 2. The van der Waals surface area contributed by atoms with Crippen LogP contribution in [0.4, 0.5) is 0 Å². The van der Waals surface area contributed by atoms with Gasteiger partial charge in [0.15, 0.2) is 0 Å². The van der Waals surface area contributed by atoms with Gasteiger partial charge in [0.1, 0.15) is 11.8 Å². The molecule has 0 aliphatic heterocycles. The van der Waals surface area contributed by atoms with Crippen LogP contribution in [0, 0.1) is 18.3 Å². The third-order valence-electron chi connectivity index (χ3n) is 2.41. The predicted molar refractivity (Wildman–Crippen MR) is 68.5 cm³/mol. The number of nitrogens with zero attached hydrogens (tertiary/aromatic N) is 3. The van der Waals surface area contributed by atoms with Crippen LogP contribution in [0.5, 0.6) is 5.75 Å². The predicted octanol–water partition coefficient (Wildman–Crippen LogP) is 2.99. The molecule has 0 radical (unpaired) electrons. The van der Waals surface area contributed by atoms with E-state index >= 15 is 0 Å². The fourth-order valence-corrected chi connectivity index (χ4v) is 1.85. The van der Waals surface area contributed by atoms with Crippen molar-refractivity contribution in [2.45, 2.75) is 6.92 Å². The van der Waals surface area contributed by atoms with E-state index in [4.69, 9.17) is 21.6 Å². The van der Waals surface area contributed by atoms with Gasteiger partial charge in [-0.3, -0.25) is 0 Å². The van der Waals surface area contributed by atoms with Gasteiger partial charge < -0.3 is 4.74 Å². The summed E-state index contributed by atoms with van der Waals surface area (Å²) in [5.41, 5.74) is 2.11. The van der Waals surface area contributed by atoms with Crippen LogP contribution in [0.1, 0.15) is 11.5 Å². The molecule has 0 N–H and O–H groups in total. The minimum absolute atomic E-state index is 0.136. The summed E-state index contributed by atoms with van der Waals surface area (Å²) < 4.78 is 5.08. The highest BCUT2D eigenvalue weighted by molar-refractivity contribution is 6.33. The van der Waals surface area contributed by atoms with Gasteiger partial charge in [-0.1, -0.05) is 11.6 Å². The Bertz CT molecular complexity index is 635. The monoisotopic (exact) mass is 259 g/mol. The summed E-state index contributed by atoms with van der Waals surface area (Å²) in [6.07, 6.45) is 0. The normalized spacial score (nSPS) is 9.89. The third-order valence-corrected chi connectivity index (χ3v) is 2.72. The first-order chi connectivity index (χ1) is 8.63. The Kier molecular flexibility index (Phi) is 3.45. The van der Waals surface area contributed by atoms with Gasteiger partial charge in [0.05, 0.1) is 17.8 Å². The Morgan fingerprint density at radius 3 is 2.67 bits per heavy atom. The quantitative estimate of drug-likeness (QED) is 0.832. The van der Waals surface area contributed by atoms with Crippen LogP contribution >= 0.6 is 11.6 Å². The zero-order chi connectivity index (χ0) is 13.1. The van der Waals surface area contributed by atoms with Gasteiger partial charge >= 0.3 is 0 Å². The standard InChI is InChI=1S/C13H10ClN3O/c1-8-5-12(17-13(7-15)16-8)10-4-3-9(18-2)6-11(10)14/h3-6H,1-2H3. The Balaban J connectivity index is 2.55. The molecule has 2 aromatic rings. The van der Waals surface area contributed by atoms with Gasteiger partial charge in [0, 0.05) is 11.3 Å². The van der Waals surface area contributed by atoms with Gasteiger partial charge in [-0.25, -0.2) is 9.97 Å². The molecule has 0 unspecified atom stereocenters. The first kappa shape index (κ1) is 12.3. The lowest BCUT2D eigenvalue weighted by Crippen LogP contribution is -1.95. The zero-order valence-corrected chi connectivity index (χ0v) is 10.7. The van der Waals surface area contributed by atoms with E-state index in [9.17, 15) is 0 Å². The van der Waals surface area contributed by atoms with Crippen molar-refractivity contribution in [2.24, 2.45) is 0 Å². The third kappa shape index (κ3) is 2.41. The number of benzene rings is 1. The lowest BCUT2D eigenvalue weighted by Gasteiger charge is -2.07. The van der Waals surface area contributed by atoms with E-state index in [0.717, 1.165) is 11.3 Å². The van der Waals surface area contributed by atoms with E-state index in [2.05, 4.69) is 9.97 Å². The molecule has 0 fully saturated rings. The number of aromatic nitrogens is 2. The minimum atomic E-state index is 0.136. The first-order valence-electron chi connectivity index (χ1n) is 5.23. The molecule has 0 spiro atoms. The van der Waals surface area contributed by atoms with Gasteiger partial charge in [-0.05, 0) is 31.2 Å². The maximum Gasteiger partial charge on any atom is 0.232 e. The highest BCUT2D eigenvalue weighted by atomic mass is 35.5. The van der Waals surface area contributed by atoms with Crippen LogP contribution in [-0.2, 0) is 0 Å². The molecule has 0 amide bonds. The average molecular weight is 260 g/mol. The summed E-state index contributed by atoms with van der Waals surface area (Å²) in [5.74, 6) is 0.812. The molecule has 18 heavy (non-hydrogen) atoms. The average Bonchev–Trinajstić information content (AvgIpc) is 2.37. The fourth-order valence-electron chi connectivity index (χ4n) is 1.59. The van der Waals surface area contributed by atoms with Crippen LogP contribution < -0.4 is 4.74 Å². The topological polar surface area (TPSA) is 58.8 Å². The molecule has 1 aromatic carbocycles. The summed E-state index contributed by atoms with van der Waals surface area (Å²) in [6.45, 7) is 1.81. The molecule has 0 saturated heterocycles. The van der Waals surface area contributed by atoms with E-state index in [-0.39, 0.29) is 5.82 Å². The van der Waals surface area contributed by atoms with Crippen LogP contribution in [0.2, 0.25) is 5.02 Å². The van der Waals surface area contributed by atoms with Crippen LogP contribution in [0.15, 0.2) is 24.3 Å². The van der Waals surface area contributed by atoms with Gasteiger partial charge in [0.25, 0.3) is 0 Å².